The monoisotopic (exact) mass is 490 g/mol. The molecule has 168 valence electrons. The second kappa shape index (κ2) is 8.49. The van der Waals surface area contributed by atoms with Crippen molar-refractivity contribution in [2.24, 2.45) is 0 Å². The third-order valence-electron chi connectivity index (χ3n) is 4.82. The SMILES string of the molecule is Cc1ccc(-c2ccc(/C=C3\SC(=S)N(c4cccc(C(F)(F)F)c4)C3=O)o2)cc1[N+](=O)[O-]. The number of rotatable bonds is 4. The minimum Gasteiger partial charge on any atom is -0.457 e. The van der Waals surface area contributed by atoms with E-state index in [1.807, 2.05) is 0 Å². The zero-order valence-corrected chi connectivity index (χ0v) is 18.4. The maximum atomic E-state index is 13.0. The number of hydrogen-bond acceptors (Lipinski definition) is 6. The second-order valence-corrected chi connectivity index (χ2v) is 8.70. The Kier molecular flexibility index (Phi) is 5.85. The van der Waals surface area contributed by atoms with Crippen LogP contribution in [0.15, 0.2) is 63.9 Å². The van der Waals surface area contributed by atoms with E-state index in [9.17, 15) is 28.1 Å². The summed E-state index contributed by atoms with van der Waals surface area (Å²) in [5.41, 5.74) is 0.0772. The van der Waals surface area contributed by atoms with Gasteiger partial charge in [-0.25, -0.2) is 0 Å². The zero-order valence-electron chi connectivity index (χ0n) is 16.8. The molecule has 0 N–H and O–H groups in total. The van der Waals surface area contributed by atoms with Crippen LogP contribution in [0.2, 0.25) is 0 Å². The first-order valence-corrected chi connectivity index (χ1v) is 10.6. The fourth-order valence-corrected chi connectivity index (χ4v) is 4.46. The topological polar surface area (TPSA) is 76.6 Å². The molecule has 1 amide bonds. The standard InChI is InChI=1S/C22H13F3N2O4S2/c1-12-5-6-13(9-17(12)27(29)30)18-8-7-16(31-18)11-19-20(28)26(21(32)33-19)15-4-2-3-14(10-15)22(23,24)25/h2-11H,1H3/b19-11-. The van der Waals surface area contributed by atoms with Crippen molar-refractivity contribution in [2.45, 2.75) is 13.1 Å². The Morgan fingerprint density at radius 2 is 1.91 bits per heavy atom. The normalized spacial score (nSPS) is 15.5. The van der Waals surface area contributed by atoms with E-state index < -0.39 is 22.6 Å². The van der Waals surface area contributed by atoms with Gasteiger partial charge < -0.3 is 4.42 Å². The van der Waals surface area contributed by atoms with E-state index in [1.165, 1.54) is 24.3 Å². The number of benzene rings is 2. The summed E-state index contributed by atoms with van der Waals surface area (Å²) >= 11 is 6.15. The number of hydrogen-bond donors (Lipinski definition) is 0. The number of nitrogens with zero attached hydrogens (tertiary/aromatic N) is 2. The number of furan rings is 1. The van der Waals surface area contributed by atoms with Crippen LogP contribution in [0.25, 0.3) is 17.4 Å². The number of alkyl halides is 3. The Labute approximate surface area is 194 Å². The van der Waals surface area contributed by atoms with Gasteiger partial charge in [0, 0.05) is 23.3 Å². The summed E-state index contributed by atoms with van der Waals surface area (Å²) in [4.78, 5) is 24.8. The van der Waals surface area contributed by atoms with E-state index in [-0.39, 0.29) is 26.4 Å². The molecule has 0 radical (unpaired) electrons. The third kappa shape index (κ3) is 4.55. The van der Waals surface area contributed by atoms with Crippen LogP contribution in [-0.4, -0.2) is 15.2 Å². The van der Waals surface area contributed by atoms with Crippen LogP contribution in [0, 0.1) is 17.0 Å². The predicted octanol–water partition coefficient (Wildman–Crippen LogP) is 6.59. The molecular weight excluding hydrogens is 477 g/mol. The Hall–Kier alpha value is -3.44. The van der Waals surface area contributed by atoms with Crippen molar-refractivity contribution >= 4 is 51.7 Å². The van der Waals surface area contributed by atoms with Crippen molar-refractivity contribution in [2.75, 3.05) is 4.90 Å². The summed E-state index contributed by atoms with van der Waals surface area (Å²) < 4.78 is 44.9. The van der Waals surface area contributed by atoms with Gasteiger partial charge >= 0.3 is 6.18 Å². The summed E-state index contributed by atoms with van der Waals surface area (Å²) in [5, 5.41) is 11.2. The molecule has 1 aliphatic heterocycles. The molecule has 2 heterocycles. The molecule has 1 aliphatic rings. The van der Waals surface area contributed by atoms with Crippen molar-refractivity contribution in [3.8, 4) is 11.3 Å². The quantitative estimate of drug-likeness (QED) is 0.178. The van der Waals surface area contributed by atoms with Crippen molar-refractivity contribution in [3.63, 3.8) is 0 Å². The van der Waals surface area contributed by atoms with Crippen LogP contribution in [0.1, 0.15) is 16.9 Å². The van der Waals surface area contributed by atoms with Gasteiger partial charge in [0.2, 0.25) is 0 Å². The molecule has 3 aromatic rings. The van der Waals surface area contributed by atoms with Gasteiger partial charge in [0.15, 0.2) is 4.32 Å². The van der Waals surface area contributed by atoms with Gasteiger partial charge in [0.1, 0.15) is 11.5 Å². The number of anilines is 1. The van der Waals surface area contributed by atoms with E-state index in [0.29, 0.717) is 16.9 Å². The summed E-state index contributed by atoms with van der Waals surface area (Å²) in [6.07, 6.45) is -3.12. The predicted molar refractivity (Wildman–Crippen MR) is 123 cm³/mol. The van der Waals surface area contributed by atoms with Gasteiger partial charge in [0.25, 0.3) is 11.6 Å². The van der Waals surface area contributed by atoms with E-state index in [4.69, 9.17) is 16.6 Å². The highest BCUT2D eigenvalue weighted by molar-refractivity contribution is 8.27. The van der Waals surface area contributed by atoms with Gasteiger partial charge in [-0.05, 0) is 37.3 Å². The molecule has 0 unspecified atom stereocenters. The first kappa shape index (κ1) is 22.7. The number of carbonyl (C=O) groups is 1. The van der Waals surface area contributed by atoms with Gasteiger partial charge in [-0.15, -0.1) is 0 Å². The summed E-state index contributed by atoms with van der Waals surface area (Å²) in [7, 11) is 0. The first-order chi connectivity index (χ1) is 15.5. The molecule has 1 fully saturated rings. The molecule has 0 spiro atoms. The fraction of sp³-hybridized carbons (Fsp3) is 0.0909. The summed E-state index contributed by atoms with van der Waals surface area (Å²) in [5.74, 6) is 0.0729. The van der Waals surface area contributed by atoms with E-state index in [1.54, 1.807) is 31.2 Å². The molecule has 6 nitrogen and oxygen atoms in total. The van der Waals surface area contributed by atoms with Crippen molar-refractivity contribution in [1.29, 1.82) is 0 Å². The summed E-state index contributed by atoms with van der Waals surface area (Å²) in [6, 6.07) is 12.2. The first-order valence-electron chi connectivity index (χ1n) is 9.35. The van der Waals surface area contributed by atoms with Gasteiger partial charge in [-0.3, -0.25) is 19.8 Å². The lowest BCUT2D eigenvalue weighted by atomic mass is 10.1. The number of amides is 1. The van der Waals surface area contributed by atoms with Crippen molar-refractivity contribution in [3.05, 3.63) is 86.5 Å². The Balaban J connectivity index is 1.61. The van der Waals surface area contributed by atoms with Gasteiger partial charge in [-0.1, -0.05) is 42.2 Å². The molecule has 0 aliphatic carbocycles. The van der Waals surface area contributed by atoms with Gasteiger partial charge in [0.05, 0.1) is 21.1 Å². The highest BCUT2D eigenvalue weighted by Gasteiger charge is 2.36. The van der Waals surface area contributed by atoms with Gasteiger partial charge in [-0.2, -0.15) is 13.2 Å². The fourth-order valence-electron chi connectivity index (χ4n) is 3.19. The average molecular weight is 490 g/mol. The lowest BCUT2D eigenvalue weighted by Crippen LogP contribution is -2.27. The minimum absolute atomic E-state index is 0.0165. The molecule has 33 heavy (non-hydrogen) atoms. The zero-order chi connectivity index (χ0) is 23.9. The van der Waals surface area contributed by atoms with Crippen LogP contribution >= 0.6 is 24.0 Å². The number of thiocarbonyl (C=S) groups is 1. The number of nitro groups is 1. The molecule has 0 bridgehead atoms. The maximum absolute atomic E-state index is 13.0. The van der Waals surface area contributed by atoms with Crippen LogP contribution < -0.4 is 4.90 Å². The van der Waals surface area contributed by atoms with Crippen molar-refractivity contribution in [1.82, 2.24) is 0 Å². The highest BCUT2D eigenvalue weighted by atomic mass is 32.2. The lowest BCUT2D eigenvalue weighted by molar-refractivity contribution is -0.385. The Morgan fingerprint density at radius 1 is 1.15 bits per heavy atom. The second-order valence-electron chi connectivity index (χ2n) is 7.03. The number of aryl methyl sites for hydroxylation is 1. The molecule has 2 aromatic carbocycles. The maximum Gasteiger partial charge on any atom is 0.416 e. The number of nitro benzene ring substituents is 1. The highest BCUT2D eigenvalue weighted by Crippen LogP contribution is 2.39. The van der Waals surface area contributed by atoms with Crippen LogP contribution in [0.3, 0.4) is 0 Å². The molecule has 1 saturated heterocycles. The number of thioether (sulfide) groups is 1. The smallest absolute Gasteiger partial charge is 0.416 e. The molecule has 11 heteroatoms. The van der Waals surface area contributed by atoms with Crippen LogP contribution in [0.5, 0.6) is 0 Å². The van der Waals surface area contributed by atoms with Crippen molar-refractivity contribution < 1.29 is 27.3 Å². The molecule has 0 atom stereocenters. The van der Waals surface area contributed by atoms with E-state index in [2.05, 4.69) is 0 Å². The van der Waals surface area contributed by atoms with Crippen LogP contribution in [0.4, 0.5) is 24.5 Å². The Bertz CT molecular complexity index is 1330. The molecule has 1 aromatic heterocycles. The van der Waals surface area contributed by atoms with Crippen LogP contribution in [-0.2, 0) is 11.0 Å². The molecule has 4 rings (SSSR count). The summed E-state index contributed by atoms with van der Waals surface area (Å²) in [6.45, 7) is 1.63. The number of carbonyl (C=O) groups excluding carboxylic acids is 1. The Morgan fingerprint density at radius 3 is 2.61 bits per heavy atom. The third-order valence-corrected chi connectivity index (χ3v) is 6.12. The molecular formula is C22H13F3N2O4S2. The average Bonchev–Trinajstić information content (AvgIpc) is 3.32. The minimum atomic E-state index is -4.55. The van der Waals surface area contributed by atoms with E-state index in [0.717, 1.165) is 28.8 Å². The van der Waals surface area contributed by atoms with E-state index >= 15 is 0 Å². The number of halogens is 3. The molecule has 0 saturated carbocycles. The largest absolute Gasteiger partial charge is 0.457 e. The lowest BCUT2D eigenvalue weighted by Gasteiger charge is -2.16.